The van der Waals surface area contributed by atoms with Crippen molar-refractivity contribution in [3.8, 4) is 0 Å². The molecule has 0 saturated carbocycles. The minimum absolute atomic E-state index is 0.00193. The number of carbonyl (C=O) groups is 3. The fourth-order valence-electron chi connectivity index (χ4n) is 5.21. The zero-order valence-electron chi connectivity index (χ0n) is 22.7. The summed E-state index contributed by atoms with van der Waals surface area (Å²) in [5, 5.41) is 3.31. The number of amides is 3. The lowest BCUT2D eigenvalue weighted by Crippen LogP contribution is -2.49. The lowest BCUT2D eigenvalue weighted by Gasteiger charge is -2.36. The first-order chi connectivity index (χ1) is 20.0. The number of aryl methyl sites for hydroxylation is 1. The number of amidine groups is 2. The molecule has 1 saturated heterocycles. The fraction of sp³-hybridized carbons (Fsp3) is 0.258. The van der Waals surface area contributed by atoms with E-state index in [0.717, 1.165) is 35.6 Å². The smallest absolute Gasteiger partial charge is 0.259 e. The van der Waals surface area contributed by atoms with E-state index in [0.29, 0.717) is 29.8 Å². The van der Waals surface area contributed by atoms with Crippen LogP contribution >= 0.6 is 11.8 Å². The van der Waals surface area contributed by atoms with Gasteiger partial charge in [0.15, 0.2) is 5.17 Å². The van der Waals surface area contributed by atoms with E-state index in [2.05, 4.69) is 22.3 Å². The second-order valence-corrected chi connectivity index (χ2v) is 11.1. The average molecular weight is 567 g/mol. The van der Waals surface area contributed by atoms with Crippen LogP contribution in [0.5, 0.6) is 0 Å². The maximum Gasteiger partial charge on any atom is 0.259 e. The number of carbonyl (C=O) groups excluding carboxylic acids is 3. The number of para-hydroxylation sites is 3. The van der Waals surface area contributed by atoms with Gasteiger partial charge in [0.1, 0.15) is 11.9 Å². The van der Waals surface area contributed by atoms with Crippen LogP contribution in [0.2, 0.25) is 0 Å². The Hall–Kier alpha value is -4.44. The zero-order chi connectivity index (χ0) is 28.3. The number of fused-ring (bicyclic) bond motifs is 3. The molecule has 0 bridgehead atoms. The van der Waals surface area contributed by atoms with Gasteiger partial charge in [0, 0.05) is 43.1 Å². The van der Waals surface area contributed by atoms with Crippen LogP contribution in [0.25, 0.3) is 0 Å². The van der Waals surface area contributed by atoms with Crippen molar-refractivity contribution in [2.45, 2.75) is 19.4 Å². The standard InChI is InChI=1S/C31H30N6O3S/c1-21-9-5-7-13-24(21)32-27(38)20-41-31-34-25-14-8-6-12-23(25)29-33-26(30(40)37(29)31)19-28(39)36-17-15-35(16-18-36)22-10-3-2-4-11-22/h2-14,26H,15-20H2,1H3,(H,32,38). The van der Waals surface area contributed by atoms with E-state index in [1.807, 2.05) is 78.6 Å². The molecule has 10 heteroatoms. The van der Waals surface area contributed by atoms with E-state index in [4.69, 9.17) is 9.98 Å². The molecular formula is C31H30N6O3S. The van der Waals surface area contributed by atoms with Crippen LogP contribution in [-0.2, 0) is 14.4 Å². The largest absolute Gasteiger partial charge is 0.368 e. The number of aliphatic imine (C=N–C) groups is 2. The van der Waals surface area contributed by atoms with Crippen molar-refractivity contribution in [3.63, 3.8) is 0 Å². The maximum absolute atomic E-state index is 13.6. The Kier molecular flexibility index (Phi) is 7.56. The molecule has 0 aliphatic carbocycles. The van der Waals surface area contributed by atoms with Crippen molar-refractivity contribution in [3.05, 3.63) is 90.0 Å². The van der Waals surface area contributed by atoms with E-state index < -0.39 is 6.04 Å². The summed E-state index contributed by atoms with van der Waals surface area (Å²) in [4.78, 5) is 54.6. The Morgan fingerprint density at radius 1 is 0.927 bits per heavy atom. The van der Waals surface area contributed by atoms with E-state index >= 15 is 0 Å². The molecule has 6 rings (SSSR count). The highest BCUT2D eigenvalue weighted by Gasteiger charge is 2.42. The van der Waals surface area contributed by atoms with Crippen molar-refractivity contribution in [1.29, 1.82) is 0 Å². The molecule has 0 radical (unpaired) electrons. The van der Waals surface area contributed by atoms with Crippen molar-refractivity contribution >= 4 is 57.5 Å². The molecular weight excluding hydrogens is 536 g/mol. The summed E-state index contributed by atoms with van der Waals surface area (Å²) in [5.41, 5.74) is 4.27. The van der Waals surface area contributed by atoms with Gasteiger partial charge >= 0.3 is 0 Å². The third kappa shape index (κ3) is 5.60. The van der Waals surface area contributed by atoms with E-state index in [1.165, 1.54) is 16.7 Å². The van der Waals surface area contributed by atoms with Gasteiger partial charge in [-0.2, -0.15) is 0 Å². The summed E-state index contributed by atoms with van der Waals surface area (Å²) in [5.74, 6) is -0.0260. The number of piperazine rings is 1. The normalized spacial score (nSPS) is 17.9. The lowest BCUT2D eigenvalue weighted by atomic mass is 10.1. The summed E-state index contributed by atoms with van der Waals surface area (Å²) in [7, 11) is 0. The molecule has 9 nitrogen and oxygen atoms in total. The molecule has 0 aromatic heterocycles. The number of nitrogens with zero attached hydrogens (tertiary/aromatic N) is 5. The van der Waals surface area contributed by atoms with Crippen LogP contribution in [-0.4, -0.2) is 76.5 Å². The number of benzene rings is 3. The van der Waals surface area contributed by atoms with Gasteiger partial charge in [0.25, 0.3) is 5.91 Å². The Morgan fingerprint density at radius 2 is 1.63 bits per heavy atom. The SMILES string of the molecule is Cc1ccccc1NC(=O)CSC1=Nc2ccccc2C2=NC(CC(=O)N3CCN(c4ccccc4)CC3)C(=O)N12. The van der Waals surface area contributed by atoms with Gasteiger partial charge in [-0.25, -0.2) is 9.89 Å². The Bertz CT molecular complexity index is 1550. The molecule has 208 valence electrons. The topological polar surface area (TPSA) is 97.7 Å². The first kappa shape index (κ1) is 26.8. The van der Waals surface area contributed by atoms with Crippen LogP contribution in [0.15, 0.2) is 88.8 Å². The predicted molar refractivity (Wildman–Crippen MR) is 163 cm³/mol. The summed E-state index contributed by atoms with van der Waals surface area (Å²) >= 11 is 1.18. The molecule has 1 atom stereocenters. The number of nitrogens with one attached hydrogen (secondary N) is 1. The van der Waals surface area contributed by atoms with Crippen molar-refractivity contribution in [2.24, 2.45) is 9.98 Å². The highest BCUT2D eigenvalue weighted by Crippen LogP contribution is 2.34. The summed E-state index contributed by atoms with van der Waals surface area (Å²) in [6.45, 7) is 4.59. The van der Waals surface area contributed by atoms with Gasteiger partial charge in [0.05, 0.1) is 17.9 Å². The average Bonchev–Trinajstić information content (AvgIpc) is 3.33. The van der Waals surface area contributed by atoms with Gasteiger partial charge in [-0.1, -0.05) is 60.3 Å². The molecule has 1 unspecified atom stereocenters. The van der Waals surface area contributed by atoms with Crippen molar-refractivity contribution in [1.82, 2.24) is 9.80 Å². The first-order valence-electron chi connectivity index (χ1n) is 13.6. The molecule has 3 aliphatic heterocycles. The third-order valence-corrected chi connectivity index (χ3v) is 8.36. The predicted octanol–water partition coefficient (Wildman–Crippen LogP) is 4.06. The second-order valence-electron chi connectivity index (χ2n) is 10.1. The van der Waals surface area contributed by atoms with Gasteiger partial charge in [0.2, 0.25) is 11.8 Å². The number of hydrogen-bond acceptors (Lipinski definition) is 7. The minimum Gasteiger partial charge on any atom is -0.368 e. The van der Waals surface area contributed by atoms with Crippen LogP contribution in [0.1, 0.15) is 17.5 Å². The molecule has 1 fully saturated rings. The van der Waals surface area contributed by atoms with Gasteiger partial charge in [-0.15, -0.1) is 0 Å². The van der Waals surface area contributed by atoms with E-state index in [1.54, 1.807) is 0 Å². The van der Waals surface area contributed by atoms with Crippen molar-refractivity contribution < 1.29 is 14.4 Å². The molecule has 3 aromatic rings. The molecule has 3 heterocycles. The highest BCUT2D eigenvalue weighted by molar-refractivity contribution is 8.14. The van der Waals surface area contributed by atoms with E-state index in [-0.39, 0.29) is 29.9 Å². The van der Waals surface area contributed by atoms with E-state index in [9.17, 15) is 14.4 Å². The maximum atomic E-state index is 13.6. The second kappa shape index (κ2) is 11.6. The van der Waals surface area contributed by atoms with Gasteiger partial charge in [-0.3, -0.25) is 19.4 Å². The van der Waals surface area contributed by atoms with Gasteiger partial charge < -0.3 is 15.1 Å². The Balaban J connectivity index is 1.13. The summed E-state index contributed by atoms with van der Waals surface area (Å²) in [6.07, 6.45) is -0.00193. The first-order valence-corrected chi connectivity index (χ1v) is 14.6. The van der Waals surface area contributed by atoms with Crippen molar-refractivity contribution in [2.75, 3.05) is 42.1 Å². The van der Waals surface area contributed by atoms with Crippen LogP contribution in [0.4, 0.5) is 17.1 Å². The quantitative estimate of drug-likeness (QED) is 0.485. The number of thioether (sulfide) groups is 1. The molecule has 41 heavy (non-hydrogen) atoms. The fourth-order valence-corrected chi connectivity index (χ4v) is 6.01. The highest BCUT2D eigenvalue weighted by atomic mass is 32.2. The lowest BCUT2D eigenvalue weighted by molar-refractivity contribution is -0.135. The molecule has 3 aromatic carbocycles. The molecule has 1 N–H and O–H groups in total. The minimum atomic E-state index is -0.831. The molecule has 3 amide bonds. The van der Waals surface area contributed by atoms with Crippen LogP contribution in [0, 0.1) is 6.92 Å². The summed E-state index contributed by atoms with van der Waals surface area (Å²) in [6, 6.07) is 24.4. The zero-order valence-corrected chi connectivity index (χ0v) is 23.5. The Morgan fingerprint density at radius 3 is 2.41 bits per heavy atom. The summed E-state index contributed by atoms with van der Waals surface area (Å²) < 4.78 is 0. The van der Waals surface area contributed by atoms with Crippen LogP contribution < -0.4 is 10.2 Å². The Labute approximate surface area is 243 Å². The number of anilines is 2. The van der Waals surface area contributed by atoms with Crippen LogP contribution in [0.3, 0.4) is 0 Å². The third-order valence-electron chi connectivity index (χ3n) is 7.42. The number of hydrogen-bond donors (Lipinski definition) is 1. The monoisotopic (exact) mass is 566 g/mol. The number of rotatable bonds is 6. The molecule has 0 spiro atoms. The van der Waals surface area contributed by atoms with Gasteiger partial charge in [-0.05, 0) is 42.8 Å². The molecule has 3 aliphatic rings.